The molecule has 0 aliphatic carbocycles. The first-order chi connectivity index (χ1) is 6.16. The van der Waals surface area contributed by atoms with E-state index in [4.69, 9.17) is 5.26 Å². The lowest BCUT2D eigenvalue weighted by atomic mass is 10.1. The number of nitrogens with zero attached hydrogens (tertiary/aromatic N) is 1. The summed E-state index contributed by atoms with van der Waals surface area (Å²) in [4.78, 5) is 0. The van der Waals surface area contributed by atoms with E-state index >= 15 is 0 Å². The maximum Gasteiger partial charge on any atom is 0.0666 e. The van der Waals surface area contributed by atoms with Crippen molar-refractivity contribution in [2.45, 2.75) is 31.4 Å². The molecule has 1 aliphatic heterocycles. The molecule has 13 heavy (non-hydrogen) atoms. The highest BCUT2D eigenvalue weighted by Crippen LogP contribution is 2.36. The van der Waals surface area contributed by atoms with Gasteiger partial charge in [-0.15, -0.1) is 0 Å². The van der Waals surface area contributed by atoms with Crippen molar-refractivity contribution in [1.82, 2.24) is 5.32 Å². The van der Waals surface area contributed by atoms with E-state index in [2.05, 4.69) is 30.1 Å². The fraction of sp³-hybridized carbons (Fsp3) is 0.900. The van der Waals surface area contributed by atoms with Crippen molar-refractivity contribution >= 4 is 11.8 Å². The Bertz CT molecular complexity index is 192. The van der Waals surface area contributed by atoms with Crippen LogP contribution in [-0.4, -0.2) is 23.6 Å². The average molecular weight is 198 g/mol. The van der Waals surface area contributed by atoms with E-state index in [0.29, 0.717) is 4.75 Å². The van der Waals surface area contributed by atoms with Crippen molar-refractivity contribution < 1.29 is 0 Å². The van der Waals surface area contributed by atoms with Gasteiger partial charge in [-0.05, 0) is 32.4 Å². The Kier molecular flexibility index (Phi) is 4.08. The monoisotopic (exact) mass is 198 g/mol. The van der Waals surface area contributed by atoms with Crippen molar-refractivity contribution in [3.63, 3.8) is 0 Å². The van der Waals surface area contributed by atoms with Crippen LogP contribution in [0.15, 0.2) is 0 Å². The molecule has 1 rings (SSSR count). The van der Waals surface area contributed by atoms with Gasteiger partial charge in [-0.25, -0.2) is 0 Å². The van der Waals surface area contributed by atoms with Crippen LogP contribution in [0.4, 0.5) is 0 Å². The Balaban J connectivity index is 2.15. The third-order valence-electron chi connectivity index (χ3n) is 2.47. The molecule has 2 atom stereocenters. The van der Waals surface area contributed by atoms with Crippen LogP contribution in [0.25, 0.3) is 0 Å². The molecule has 74 valence electrons. The van der Waals surface area contributed by atoms with Crippen LogP contribution in [0.2, 0.25) is 0 Å². The molecule has 1 N–H and O–H groups in total. The van der Waals surface area contributed by atoms with Gasteiger partial charge in [0.25, 0.3) is 0 Å². The highest BCUT2D eigenvalue weighted by Gasteiger charge is 2.28. The lowest BCUT2D eigenvalue weighted by Crippen LogP contribution is -2.34. The molecule has 1 heterocycles. The maximum absolute atomic E-state index is 8.60. The van der Waals surface area contributed by atoms with Crippen LogP contribution in [0.3, 0.4) is 0 Å². The Morgan fingerprint density at radius 2 is 2.46 bits per heavy atom. The topological polar surface area (TPSA) is 35.8 Å². The van der Waals surface area contributed by atoms with E-state index in [1.54, 1.807) is 0 Å². The molecule has 0 amide bonds. The molecule has 1 aliphatic rings. The lowest BCUT2D eigenvalue weighted by molar-refractivity contribution is 0.513. The Labute approximate surface area is 85.1 Å². The van der Waals surface area contributed by atoms with Crippen LogP contribution >= 0.6 is 11.8 Å². The van der Waals surface area contributed by atoms with E-state index in [1.165, 1.54) is 18.6 Å². The van der Waals surface area contributed by atoms with Crippen molar-refractivity contribution in [1.29, 1.82) is 5.26 Å². The molecule has 1 fully saturated rings. The standard InChI is InChI=1S/C10H18N2S/c1-9(6-11)7-12-8-10(2)4-3-5-13-10/h9,12H,3-5,7-8H2,1-2H3. The van der Waals surface area contributed by atoms with Gasteiger partial charge >= 0.3 is 0 Å². The summed E-state index contributed by atoms with van der Waals surface area (Å²) in [5.41, 5.74) is 0. The van der Waals surface area contributed by atoms with Crippen LogP contribution < -0.4 is 5.32 Å². The lowest BCUT2D eigenvalue weighted by Gasteiger charge is -2.23. The minimum absolute atomic E-state index is 0.134. The summed E-state index contributed by atoms with van der Waals surface area (Å²) in [6.45, 7) is 6.14. The van der Waals surface area contributed by atoms with Gasteiger partial charge in [-0.3, -0.25) is 0 Å². The van der Waals surface area contributed by atoms with E-state index in [-0.39, 0.29) is 5.92 Å². The van der Waals surface area contributed by atoms with Gasteiger partial charge in [-0.2, -0.15) is 17.0 Å². The van der Waals surface area contributed by atoms with Gasteiger partial charge in [0, 0.05) is 17.8 Å². The second-order valence-electron chi connectivity index (χ2n) is 4.06. The number of nitriles is 1. The fourth-order valence-corrected chi connectivity index (χ4v) is 2.85. The highest BCUT2D eigenvalue weighted by molar-refractivity contribution is 8.00. The predicted molar refractivity (Wildman–Crippen MR) is 57.7 cm³/mol. The number of hydrogen-bond acceptors (Lipinski definition) is 3. The first kappa shape index (κ1) is 10.9. The highest BCUT2D eigenvalue weighted by atomic mass is 32.2. The Hall–Kier alpha value is -0.200. The largest absolute Gasteiger partial charge is 0.314 e. The Morgan fingerprint density at radius 3 is 3.00 bits per heavy atom. The third-order valence-corrected chi connectivity index (χ3v) is 4.01. The molecule has 2 unspecified atom stereocenters. The molecule has 3 heteroatoms. The number of rotatable bonds is 4. The first-order valence-electron chi connectivity index (χ1n) is 4.90. The molecule has 0 spiro atoms. The minimum atomic E-state index is 0.134. The summed E-state index contributed by atoms with van der Waals surface area (Å²) in [6.07, 6.45) is 2.66. The normalized spacial score (nSPS) is 29.9. The van der Waals surface area contributed by atoms with Crippen LogP contribution in [0.5, 0.6) is 0 Å². The number of hydrogen-bond donors (Lipinski definition) is 1. The second-order valence-corrected chi connectivity index (χ2v) is 5.75. The van der Waals surface area contributed by atoms with Crippen molar-refractivity contribution in [2.24, 2.45) is 5.92 Å². The molecular weight excluding hydrogens is 180 g/mol. The number of nitrogens with one attached hydrogen (secondary N) is 1. The van der Waals surface area contributed by atoms with E-state index < -0.39 is 0 Å². The first-order valence-corrected chi connectivity index (χ1v) is 5.89. The molecule has 0 aromatic heterocycles. The van der Waals surface area contributed by atoms with Crippen LogP contribution in [0.1, 0.15) is 26.7 Å². The zero-order chi connectivity index (χ0) is 9.73. The maximum atomic E-state index is 8.60. The summed E-state index contributed by atoms with van der Waals surface area (Å²) >= 11 is 2.06. The van der Waals surface area contributed by atoms with Gasteiger partial charge < -0.3 is 5.32 Å². The van der Waals surface area contributed by atoms with E-state index in [1.807, 2.05) is 6.92 Å². The van der Waals surface area contributed by atoms with Gasteiger partial charge in [0.2, 0.25) is 0 Å². The minimum Gasteiger partial charge on any atom is -0.314 e. The van der Waals surface area contributed by atoms with Crippen molar-refractivity contribution in [3.05, 3.63) is 0 Å². The second kappa shape index (κ2) is 4.88. The van der Waals surface area contributed by atoms with Crippen LogP contribution in [0, 0.1) is 17.2 Å². The van der Waals surface area contributed by atoms with E-state index in [9.17, 15) is 0 Å². The molecule has 0 aromatic carbocycles. The molecule has 0 bridgehead atoms. The summed E-state index contributed by atoms with van der Waals surface area (Å²) in [5, 5.41) is 12.0. The summed E-state index contributed by atoms with van der Waals surface area (Å²) in [7, 11) is 0. The van der Waals surface area contributed by atoms with Crippen LogP contribution in [-0.2, 0) is 0 Å². The molecular formula is C10H18N2S. The molecule has 0 saturated carbocycles. The SMILES string of the molecule is CC(C#N)CNCC1(C)CCCS1. The zero-order valence-corrected chi connectivity index (χ0v) is 9.28. The quantitative estimate of drug-likeness (QED) is 0.750. The summed E-state index contributed by atoms with van der Waals surface area (Å²) < 4.78 is 0.426. The Morgan fingerprint density at radius 1 is 1.69 bits per heavy atom. The molecule has 0 radical (unpaired) electrons. The van der Waals surface area contributed by atoms with Gasteiger partial charge in [0.15, 0.2) is 0 Å². The smallest absolute Gasteiger partial charge is 0.0666 e. The van der Waals surface area contributed by atoms with Gasteiger partial charge in [0.05, 0.1) is 12.0 Å². The third kappa shape index (κ3) is 3.58. The van der Waals surface area contributed by atoms with Gasteiger partial charge in [0.1, 0.15) is 0 Å². The van der Waals surface area contributed by atoms with Crippen molar-refractivity contribution in [3.8, 4) is 6.07 Å². The molecule has 2 nitrogen and oxygen atoms in total. The average Bonchev–Trinajstić information content (AvgIpc) is 2.52. The van der Waals surface area contributed by atoms with Gasteiger partial charge in [-0.1, -0.05) is 0 Å². The molecule has 0 aromatic rings. The van der Waals surface area contributed by atoms with Crippen molar-refractivity contribution in [2.75, 3.05) is 18.8 Å². The predicted octanol–water partition coefficient (Wildman–Crippen LogP) is 2.02. The summed E-state index contributed by atoms with van der Waals surface area (Å²) in [6, 6.07) is 2.23. The number of thioether (sulfide) groups is 1. The molecule has 1 saturated heterocycles. The van der Waals surface area contributed by atoms with E-state index in [0.717, 1.165) is 13.1 Å². The summed E-state index contributed by atoms with van der Waals surface area (Å²) in [5.74, 6) is 1.43. The zero-order valence-electron chi connectivity index (χ0n) is 8.47. The fourth-order valence-electron chi connectivity index (χ4n) is 1.58.